The zero-order valence-electron chi connectivity index (χ0n) is 16.9. The quantitative estimate of drug-likeness (QED) is 0.772. The van der Waals surface area contributed by atoms with Gasteiger partial charge in [-0.25, -0.2) is 0 Å². The van der Waals surface area contributed by atoms with Crippen LogP contribution in [0.5, 0.6) is 5.75 Å². The molecule has 0 spiro atoms. The smallest absolute Gasteiger partial charge is 0.494 e. The van der Waals surface area contributed by atoms with E-state index in [0.717, 1.165) is 28.2 Å². The molecule has 2 aromatic rings. The van der Waals surface area contributed by atoms with E-state index in [-0.39, 0.29) is 18.3 Å². The minimum Gasteiger partial charge on any atom is -0.494 e. The standard InChI is InChI=1S/C20H29BN2O3/c1-8-24-17-11-9-10-16(12-17)13-23-15(3)18(14(2)22-23)21-25-19(4,5)20(6,7)26-21/h9-12H,8,13H2,1-7H3. The molecule has 0 radical (unpaired) electrons. The normalized spacial score (nSPS) is 18.3. The largest absolute Gasteiger partial charge is 0.498 e. The summed E-state index contributed by atoms with van der Waals surface area (Å²) in [5.41, 5.74) is 3.49. The van der Waals surface area contributed by atoms with E-state index >= 15 is 0 Å². The molecule has 6 heteroatoms. The number of hydrogen-bond acceptors (Lipinski definition) is 4. The predicted molar refractivity (Wildman–Crippen MR) is 104 cm³/mol. The fraction of sp³-hybridized carbons (Fsp3) is 0.550. The number of aromatic nitrogens is 2. The Hall–Kier alpha value is -1.79. The lowest BCUT2D eigenvalue weighted by Crippen LogP contribution is -2.41. The van der Waals surface area contributed by atoms with Crippen molar-refractivity contribution in [2.75, 3.05) is 6.61 Å². The van der Waals surface area contributed by atoms with Gasteiger partial charge < -0.3 is 14.0 Å². The van der Waals surface area contributed by atoms with Gasteiger partial charge in [0, 0.05) is 11.2 Å². The van der Waals surface area contributed by atoms with Crippen LogP contribution in [0.15, 0.2) is 24.3 Å². The van der Waals surface area contributed by atoms with Crippen molar-refractivity contribution >= 4 is 12.6 Å². The Morgan fingerprint density at radius 2 is 1.77 bits per heavy atom. The molecule has 1 aliphatic heterocycles. The van der Waals surface area contributed by atoms with Crippen molar-refractivity contribution in [2.24, 2.45) is 0 Å². The lowest BCUT2D eigenvalue weighted by molar-refractivity contribution is 0.00578. The first-order chi connectivity index (χ1) is 12.1. The van der Waals surface area contributed by atoms with Crippen molar-refractivity contribution in [1.29, 1.82) is 0 Å². The van der Waals surface area contributed by atoms with Crippen molar-refractivity contribution in [3.8, 4) is 5.75 Å². The predicted octanol–water partition coefficient (Wildman–Crippen LogP) is 3.25. The zero-order chi connectivity index (χ0) is 19.1. The Labute approximate surface area is 156 Å². The molecule has 0 aliphatic carbocycles. The molecule has 0 N–H and O–H groups in total. The minimum atomic E-state index is -0.386. The molecule has 2 heterocycles. The fourth-order valence-corrected chi connectivity index (χ4v) is 3.24. The van der Waals surface area contributed by atoms with E-state index in [0.29, 0.717) is 13.2 Å². The lowest BCUT2D eigenvalue weighted by atomic mass is 9.77. The maximum absolute atomic E-state index is 6.23. The molecular weight excluding hydrogens is 327 g/mol. The second kappa shape index (κ2) is 6.74. The topological polar surface area (TPSA) is 45.5 Å². The van der Waals surface area contributed by atoms with E-state index < -0.39 is 0 Å². The van der Waals surface area contributed by atoms with E-state index in [4.69, 9.17) is 19.1 Å². The van der Waals surface area contributed by atoms with Gasteiger partial charge in [-0.15, -0.1) is 0 Å². The van der Waals surface area contributed by atoms with Crippen molar-refractivity contribution in [3.05, 3.63) is 41.2 Å². The molecule has 1 aliphatic rings. The molecule has 0 amide bonds. The monoisotopic (exact) mass is 356 g/mol. The van der Waals surface area contributed by atoms with Crippen molar-refractivity contribution in [1.82, 2.24) is 9.78 Å². The third-order valence-corrected chi connectivity index (χ3v) is 5.47. The Morgan fingerprint density at radius 1 is 1.12 bits per heavy atom. The highest BCUT2D eigenvalue weighted by molar-refractivity contribution is 6.63. The maximum Gasteiger partial charge on any atom is 0.498 e. The van der Waals surface area contributed by atoms with Crippen LogP contribution in [0.2, 0.25) is 0 Å². The summed E-state index contributed by atoms with van der Waals surface area (Å²) in [5, 5.41) is 4.74. The SMILES string of the molecule is CCOc1cccc(Cn2nc(C)c(B3OC(C)(C)C(C)(C)O3)c2C)c1. The number of aryl methyl sites for hydroxylation is 1. The van der Waals surface area contributed by atoms with Crippen molar-refractivity contribution in [2.45, 2.75) is 66.2 Å². The van der Waals surface area contributed by atoms with Crippen LogP contribution in [0, 0.1) is 13.8 Å². The molecule has 1 aromatic heterocycles. The van der Waals surface area contributed by atoms with Crippen molar-refractivity contribution in [3.63, 3.8) is 0 Å². The van der Waals surface area contributed by atoms with Crippen LogP contribution in [-0.2, 0) is 15.9 Å². The highest BCUT2D eigenvalue weighted by Crippen LogP contribution is 2.36. The minimum absolute atomic E-state index is 0.357. The first-order valence-electron chi connectivity index (χ1n) is 9.26. The van der Waals surface area contributed by atoms with Gasteiger partial charge in [0.2, 0.25) is 0 Å². The van der Waals surface area contributed by atoms with Crippen molar-refractivity contribution < 1.29 is 14.0 Å². The number of rotatable bonds is 5. The first-order valence-corrected chi connectivity index (χ1v) is 9.26. The van der Waals surface area contributed by atoms with Crippen LogP contribution >= 0.6 is 0 Å². The van der Waals surface area contributed by atoms with Crippen LogP contribution in [0.25, 0.3) is 0 Å². The summed E-state index contributed by atoms with van der Waals surface area (Å²) in [6.07, 6.45) is 0. The molecule has 3 rings (SSSR count). The molecule has 0 saturated carbocycles. The zero-order valence-corrected chi connectivity index (χ0v) is 16.9. The van der Waals surface area contributed by atoms with Gasteiger partial charge in [-0.2, -0.15) is 5.10 Å². The highest BCUT2D eigenvalue weighted by Gasteiger charge is 2.53. The molecule has 1 saturated heterocycles. The first kappa shape index (κ1) is 19.0. The van der Waals surface area contributed by atoms with E-state index in [9.17, 15) is 0 Å². The van der Waals surface area contributed by atoms with Gasteiger partial charge in [0.25, 0.3) is 0 Å². The van der Waals surface area contributed by atoms with Gasteiger partial charge in [-0.3, -0.25) is 4.68 Å². The van der Waals surface area contributed by atoms with Crippen LogP contribution in [0.1, 0.15) is 51.6 Å². The van der Waals surface area contributed by atoms with Crippen LogP contribution in [0.4, 0.5) is 0 Å². The average Bonchev–Trinajstić information content (AvgIpc) is 2.92. The van der Waals surface area contributed by atoms with Crippen LogP contribution in [0.3, 0.4) is 0 Å². The maximum atomic E-state index is 6.23. The third-order valence-electron chi connectivity index (χ3n) is 5.47. The van der Waals surface area contributed by atoms with Gasteiger partial charge in [0.05, 0.1) is 30.0 Å². The molecule has 1 fully saturated rings. The molecule has 1 aromatic carbocycles. The van der Waals surface area contributed by atoms with E-state index in [1.165, 1.54) is 0 Å². The average molecular weight is 356 g/mol. The van der Waals surface area contributed by atoms with Gasteiger partial charge in [-0.05, 0) is 66.2 Å². The number of ether oxygens (including phenoxy) is 1. The summed E-state index contributed by atoms with van der Waals surface area (Å²) in [7, 11) is -0.386. The molecular formula is C20H29BN2O3. The molecule has 5 nitrogen and oxygen atoms in total. The molecule has 0 bridgehead atoms. The second-order valence-electron chi connectivity index (χ2n) is 7.91. The van der Waals surface area contributed by atoms with Gasteiger partial charge in [0.15, 0.2) is 0 Å². The summed E-state index contributed by atoms with van der Waals surface area (Å²) in [6.45, 7) is 15.7. The van der Waals surface area contributed by atoms with E-state index in [2.05, 4.69) is 46.8 Å². The summed E-state index contributed by atoms with van der Waals surface area (Å²) in [5.74, 6) is 0.887. The molecule has 0 unspecified atom stereocenters. The summed E-state index contributed by atoms with van der Waals surface area (Å²) < 4.78 is 20.1. The molecule has 26 heavy (non-hydrogen) atoms. The van der Waals surface area contributed by atoms with E-state index in [1.54, 1.807) is 0 Å². The Kier molecular flexibility index (Phi) is 4.93. The Bertz CT molecular complexity index is 782. The Morgan fingerprint density at radius 3 is 2.38 bits per heavy atom. The number of hydrogen-bond donors (Lipinski definition) is 0. The number of nitrogens with zero attached hydrogens (tertiary/aromatic N) is 2. The van der Waals surface area contributed by atoms with Crippen LogP contribution in [-0.4, -0.2) is 34.7 Å². The third kappa shape index (κ3) is 3.40. The lowest BCUT2D eigenvalue weighted by Gasteiger charge is -2.32. The van der Waals surface area contributed by atoms with Crippen LogP contribution < -0.4 is 10.2 Å². The Balaban J connectivity index is 1.86. The van der Waals surface area contributed by atoms with Gasteiger partial charge in [-0.1, -0.05) is 12.1 Å². The summed E-state index contributed by atoms with van der Waals surface area (Å²) in [6, 6.07) is 8.15. The second-order valence-corrected chi connectivity index (χ2v) is 7.91. The summed E-state index contributed by atoms with van der Waals surface area (Å²) in [4.78, 5) is 0. The highest BCUT2D eigenvalue weighted by atomic mass is 16.7. The number of benzene rings is 1. The molecule has 140 valence electrons. The van der Waals surface area contributed by atoms with Gasteiger partial charge >= 0.3 is 7.12 Å². The molecule has 0 atom stereocenters. The fourth-order valence-electron chi connectivity index (χ4n) is 3.24. The van der Waals surface area contributed by atoms with E-state index in [1.807, 2.05) is 30.7 Å². The van der Waals surface area contributed by atoms with Gasteiger partial charge in [0.1, 0.15) is 5.75 Å². The summed E-state index contributed by atoms with van der Waals surface area (Å²) >= 11 is 0.